The molecule has 0 amide bonds. The summed E-state index contributed by atoms with van der Waals surface area (Å²) < 4.78 is 13.0. The summed E-state index contributed by atoms with van der Waals surface area (Å²) in [6.07, 6.45) is 2.32. The third kappa shape index (κ3) is 6.08. The lowest BCUT2D eigenvalue weighted by atomic mass is 10.0. The van der Waals surface area contributed by atoms with Gasteiger partial charge in [-0.15, -0.1) is 5.11 Å². The fourth-order valence-electron chi connectivity index (χ4n) is 2.63. The number of nitrogens with zero attached hydrogens (tertiary/aromatic N) is 3. The summed E-state index contributed by atoms with van der Waals surface area (Å²) >= 11 is 0. The molecule has 3 rings (SSSR count). The Morgan fingerprint density at radius 3 is 2.53 bits per heavy atom. The van der Waals surface area contributed by atoms with E-state index in [1.54, 1.807) is 24.4 Å². The molecule has 3 aromatic rings. The van der Waals surface area contributed by atoms with E-state index < -0.39 is 0 Å². The number of anilines is 1. The maximum atomic E-state index is 13.0. The molecule has 5 nitrogen and oxygen atoms in total. The molecular weight excluding hydrogens is 377 g/mol. The molecule has 1 aromatic heterocycles. The van der Waals surface area contributed by atoms with Crippen LogP contribution < -0.4 is 5.43 Å². The maximum absolute atomic E-state index is 13.0. The molecule has 0 radical (unpaired) electrons. The Morgan fingerprint density at radius 1 is 1.07 bits per heavy atom. The quantitative estimate of drug-likeness (QED) is 0.226. The molecule has 0 saturated heterocycles. The third-order valence-electron chi connectivity index (χ3n) is 4.11. The van der Waals surface area contributed by atoms with Gasteiger partial charge in [0, 0.05) is 5.56 Å². The van der Waals surface area contributed by atoms with Gasteiger partial charge in [0.1, 0.15) is 11.5 Å². The van der Waals surface area contributed by atoms with Crippen molar-refractivity contribution in [1.29, 1.82) is 5.41 Å². The summed E-state index contributed by atoms with van der Waals surface area (Å²) in [6, 6.07) is 17.0. The third-order valence-corrected chi connectivity index (χ3v) is 4.11. The van der Waals surface area contributed by atoms with Gasteiger partial charge in [0.25, 0.3) is 0 Å². The lowest BCUT2D eigenvalue weighted by Gasteiger charge is -2.06. The van der Waals surface area contributed by atoms with E-state index in [-0.39, 0.29) is 5.82 Å². The fourth-order valence-corrected chi connectivity index (χ4v) is 2.63. The van der Waals surface area contributed by atoms with Gasteiger partial charge in [0.2, 0.25) is 0 Å². The number of halogens is 1. The van der Waals surface area contributed by atoms with Gasteiger partial charge in [0.15, 0.2) is 0 Å². The predicted octanol–water partition coefficient (Wildman–Crippen LogP) is 6.15. The zero-order valence-corrected chi connectivity index (χ0v) is 16.9. The highest BCUT2D eigenvalue weighted by Crippen LogP contribution is 2.19. The van der Waals surface area contributed by atoms with Crippen LogP contribution in [0.4, 0.5) is 15.8 Å². The van der Waals surface area contributed by atoms with Crippen molar-refractivity contribution in [3.8, 4) is 11.8 Å². The second kappa shape index (κ2) is 10.1. The number of nitrogens with one attached hydrogen (secondary N) is 2. The highest BCUT2D eigenvalue weighted by molar-refractivity contribution is 5.96. The monoisotopic (exact) mass is 399 g/mol. The average Bonchev–Trinajstić information content (AvgIpc) is 2.74. The number of hydrogen-bond acceptors (Lipinski definition) is 4. The Balaban J connectivity index is 1.67. The number of hydrogen-bond donors (Lipinski definition) is 2. The van der Waals surface area contributed by atoms with E-state index in [4.69, 9.17) is 5.41 Å². The fraction of sp³-hybridized carbons (Fsp3) is 0.167. The van der Waals surface area contributed by atoms with Gasteiger partial charge in [-0.1, -0.05) is 43.0 Å². The minimum Gasteiger partial charge on any atom is -0.303 e. The van der Waals surface area contributed by atoms with Crippen molar-refractivity contribution in [3.05, 3.63) is 89.5 Å². The molecule has 0 fully saturated rings. The van der Waals surface area contributed by atoms with Crippen LogP contribution in [-0.4, -0.2) is 10.7 Å². The molecule has 0 aliphatic heterocycles. The standard InChI is InChI=1S/C24H22FN5/c1-17(2)15-22(26)24-14-13-21(16-27-24)28-30-29-23-6-4-3-5-19(23)10-7-18-8-11-20(25)12-9-18/h3-6,8-9,11-14,16-17,26H,15H2,1-2H3,(H,28,29). The second-order valence-corrected chi connectivity index (χ2v) is 7.09. The lowest BCUT2D eigenvalue weighted by Crippen LogP contribution is -2.05. The smallest absolute Gasteiger partial charge is 0.123 e. The van der Waals surface area contributed by atoms with E-state index in [9.17, 15) is 4.39 Å². The highest BCUT2D eigenvalue weighted by Gasteiger charge is 2.05. The molecule has 0 unspecified atom stereocenters. The van der Waals surface area contributed by atoms with Crippen LogP contribution in [0.15, 0.2) is 77.2 Å². The molecule has 1 heterocycles. The Kier molecular flexibility index (Phi) is 7.01. The molecule has 6 heteroatoms. The van der Waals surface area contributed by atoms with E-state index in [0.717, 1.165) is 5.56 Å². The SMILES string of the molecule is CC(C)CC(=N)c1ccc(NN=Nc2ccccc2C#Cc2ccc(F)cc2)cn1. The number of rotatable bonds is 6. The number of pyridine rings is 1. The van der Waals surface area contributed by atoms with Crippen LogP contribution in [0.1, 0.15) is 37.1 Å². The Bertz CT molecular complexity index is 1090. The van der Waals surface area contributed by atoms with Crippen molar-refractivity contribution in [2.45, 2.75) is 20.3 Å². The molecule has 0 aliphatic carbocycles. The molecule has 0 atom stereocenters. The largest absolute Gasteiger partial charge is 0.303 e. The summed E-state index contributed by atoms with van der Waals surface area (Å²) in [4.78, 5) is 4.31. The van der Waals surface area contributed by atoms with Crippen LogP contribution in [0.2, 0.25) is 0 Å². The molecule has 30 heavy (non-hydrogen) atoms. The molecule has 0 aliphatic rings. The van der Waals surface area contributed by atoms with Gasteiger partial charge >= 0.3 is 0 Å². The van der Waals surface area contributed by atoms with E-state index in [1.165, 1.54) is 12.1 Å². The first kappa shape index (κ1) is 20.9. The molecule has 150 valence electrons. The normalized spacial score (nSPS) is 10.7. The Hall–Kier alpha value is -3.85. The Morgan fingerprint density at radius 2 is 1.83 bits per heavy atom. The van der Waals surface area contributed by atoms with Crippen LogP contribution in [0.5, 0.6) is 0 Å². The minimum atomic E-state index is -0.292. The van der Waals surface area contributed by atoms with Crippen molar-refractivity contribution in [2.75, 3.05) is 5.43 Å². The number of aromatic nitrogens is 1. The van der Waals surface area contributed by atoms with Crippen LogP contribution in [0.25, 0.3) is 0 Å². The van der Waals surface area contributed by atoms with E-state index in [0.29, 0.717) is 40.7 Å². The van der Waals surface area contributed by atoms with E-state index >= 15 is 0 Å². The first-order valence-electron chi connectivity index (χ1n) is 9.58. The molecule has 0 spiro atoms. The van der Waals surface area contributed by atoms with Crippen LogP contribution >= 0.6 is 0 Å². The molecule has 2 N–H and O–H groups in total. The molecule has 2 aromatic carbocycles. The average molecular weight is 399 g/mol. The van der Waals surface area contributed by atoms with Gasteiger partial charge < -0.3 is 5.41 Å². The molecule has 0 bridgehead atoms. The van der Waals surface area contributed by atoms with Gasteiger partial charge in [-0.2, -0.15) is 0 Å². The van der Waals surface area contributed by atoms with E-state index in [2.05, 4.69) is 46.4 Å². The predicted molar refractivity (Wildman–Crippen MR) is 117 cm³/mol. The zero-order valence-electron chi connectivity index (χ0n) is 16.9. The van der Waals surface area contributed by atoms with E-state index in [1.807, 2.05) is 30.3 Å². The number of benzene rings is 2. The summed E-state index contributed by atoms with van der Waals surface area (Å²) in [6.45, 7) is 4.15. The summed E-state index contributed by atoms with van der Waals surface area (Å²) in [7, 11) is 0. The first-order chi connectivity index (χ1) is 14.5. The van der Waals surface area contributed by atoms with Crippen LogP contribution in [-0.2, 0) is 0 Å². The van der Waals surface area contributed by atoms with Crippen molar-refractivity contribution < 1.29 is 4.39 Å². The lowest BCUT2D eigenvalue weighted by molar-refractivity contribution is 0.627. The summed E-state index contributed by atoms with van der Waals surface area (Å²) in [5.74, 6) is 6.16. The first-order valence-corrected chi connectivity index (χ1v) is 9.58. The minimum absolute atomic E-state index is 0.292. The van der Waals surface area contributed by atoms with Gasteiger partial charge in [-0.3, -0.25) is 10.4 Å². The second-order valence-electron chi connectivity index (χ2n) is 7.09. The topological polar surface area (TPSA) is 73.5 Å². The summed E-state index contributed by atoms with van der Waals surface area (Å²) in [5, 5.41) is 16.3. The van der Waals surface area contributed by atoms with Crippen LogP contribution in [0, 0.1) is 29.0 Å². The Labute approximate surface area is 175 Å². The van der Waals surface area contributed by atoms with Gasteiger partial charge in [-0.05, 0) is 60.9 Å². The van der Waals surface area contributed by atoms with Crippen molar-refractivity contribution >= 4 is 17.1 Å². The maximum Gasteiger partial charge on any atom is 0.123 e. The van der Waals surface area contributed by atoms with Crippen molar-refractivity contribution in [3.63, 3.8) is 0 Å². The molecule has 0 saturated carbocycles. The van der Waals surface area contributed by atoms with Crippen molar-refractivity contribution in [1.82, 2.24) is 4.98 Å². The van der Waals surface area contributed by atoms with Gasteiger partial charge in [0.05, 0.1) is 28.9 Å². The summed E-state index contributed by atoms with van der Waals surface area (Å²) in [5.41, 5.74) is 6.74. The van der Waals surface area contributed by atoms with Crippen LogP contribution in [0.3, 0.4) is 0 Å². The highest BCUT2D eigenvalue weighted by atomic mass is 19.1. The van der Waals surface area contributed by atoms with Crippen molar-refractivity contribution in [2.24, 2.45) is 16.3 Å². The van der Waals surface area contributed by atoms with Gasteiger partial charge in [-0.25, -0.2) is 4.39 Å². The molecular formula is C24H22FN5. The zero-order chi connectivity index (χ0) is 21.3.